The number of halogens is 1. The SMILES string of the molecule is O=C(NCc1ccccc1Cl)c1ccc(N2CCC3(CC2)OCCO3)c([N+](=O)[O-])c1. The summed E-state index contributed by atoms with van der Waals surface area (Å²) in [5, 5.41) is 15.0. The first kappa shape index (κ1) is 20.6. The van der Waals surface area contributed by atoms with Gasteiger partial charge in [-0.15, -0.1) is 0 Å². The third-order valence-electron chi connectivity index (χ3n) is 5.51. The first-order chi connectivity index (χ1) is 14.5. The quantitative estimate of drug-likeness (QED) is 0.575. The highest BCUT2D eigenvalue weighted by Crippen LogP contribution is 2.36. The maximum atomic E-state index is 12.5. The van der Waals surface area contributed by atoms with Crippen LogP contribution in [0.25, 0.3) is 0 Å². The average Bonchev–Trinajstić information content (AvgIpc) is 3.21. The fourth-order valence-corrected chi connectivity index (χ4v) is 4.07. The van der Waals surface area contributed by atoms with Crippen molar-refractivity contribution in [3.63, 3.8) is 0 Å². The molecule has 2 aromatic rings. The van der Waals surface area contributed by atoms with Gasteiger partial charge in [-0.3, -0.25) is 14.9 Å². The van der Waals surface area contributed by atoms with Crippen LogP contribution < -0.4 is 10.2 Å². The van der Waals surface area contributed by atoms with Crippen LogP contribution in [0.4, 0.5) is 11.4 Å². The van der Waals surface area contributed by atoms with Crippen molar-refractivity contribution in [3.8, 4) is 0 Å². The molecule has 0 atom stereocenters. The van der Waals surface area contributed by atoms with E-state index in [9.17, 15) is 14.9 Å². The van der Waals surface area contributed by atoms with Crippen LogP contribution in [0.15, 0.2) is 42.5 Å². The van der Waals surface area contributed by atoms with Gasteiger partial charge in [-0.05, 0) is 23.8 Å². The van der Waals surface area contributed by atoms with Crippen LogP contribution in [0.5, 0.6) is 0 Å². The molecule has 2 saturated heterocycles. The van der Waals surface area contributed by atoms with Crippen molar-refractivity contribution in [2.24, 2.45) is 0 Å². The minimum absolute atomic E-state index is 0.0930. The number of hydrogen-bond acceptors (Lipinski definition) is 6. The Morgan fingerprint density at radius 3 is 2.53 bits per heavy atom. The van der Waals surface area contributed by atoms with E-state index in [0.717, 1.165) is 5.56 Å². The Balaban J connectivity index is 1.47. The van der Waals surface area contributed by atoms with Gasteiger partial charge < -0.3 is 19.7 Å². The second-order valence-electron chi connectivity index (χ2n) is 7.33. The highest BCUT2D eigenvalue weighted by molar-refractivity contribution is 6.31. The van der Waals surface area contributed by atoms with Gasteiger partial charge in [0.15, 0.2) is 5.79 Å². The Morgan fingerprint density at radius 1 is 1.17 bits per heavy atom. The van der Waals surface area contributed by atoms with Crippen LogP contribution in [0.2, 0.25) is 5.02 Å². The van der Waals surface area contributed by atoms with Gasteiger partial charge >= 0.3 is 0 Å². The molecule has 8 nitrogen and oxygen atoms in total. The summed E-state index contributed by atoms with van der Waals surface area (Å²) in [4.78, 5) is 25.7. The average molecular weight is 432 g/mol. The summed E-state index contributed by atoms with van der Waals surface area (Å²) < 4.78 is 11.4. The molecule has 0 saturated carbocycles. The molecule has 2 heterocycles. The number of nitro benzene ring substituents is 1. The highest BCUT2D eigenvalue weighted by Gasteiger charge is 2.40. The van der Waals surface area contributed by atoms with E-state index in [0.29, 0.717) is 49.9 Å². The van der Waals surface area contributed by atoms with Crippen molar-refractivity contribution in [3.05, 3.63) is 68.7 Å². The predicted octanol–water partition coefficient (Wildman–Crippen LogP) is 3.52. The number of carbonyl (C=O) groups is 1. The fourth-order valence-electron chi connectivity index (χ4n) is 3.87. The van der Waals surface area contributed by atoms with Crippen LogP contribution in [-0.2, 0) is 16.0 Å². The summed E-state index contributed by atoms with van der Waals surface area (Å²) >= 11 is 6.11. The number of piperidine rings is 1. The van der Waals surface area contributed by atoms with Gasteiger partial charge in [-0.1, -0.05) is 29.8 Å². The smallest absolute Gasteiger partial charge is 0.293 e. The van der Waals surface area contributed by atoms with Crippen LogP contribution in [0.3, 0.4) is 0 Å². The number of nitrogens with one attached hydrogen (secondary N) is 1. The van der Waals surface area contributed by atoms with E-state index in [2.05, 4.69) is 5.32 Å². The normalized spacial score (nSPS) is 17.8. The standard InChI is InChI=1S/C21H22ClN3O5/c22-17-4-2-1-3-16(17)14-23-20(26)15-5-6-18(19(13-15)25(27)28)24-9-7-21(8-10-24)29-11-12-30-21/h1-6,13H,7-12,14H2,(H,23,26). The monoisotopic (exact) mass is 431 g/mol. The molecule has 1 spiro atoms. The lowest BCUT2D eigenvalue weighted by Crippen LogP contribution is -2.45. The molecule has 0 aromatic heterocycles. The number of hydrogen-bond donors (Lipinski definition) is 1. The summed E-state index contributed by atoms with van der Waals surface area (Å²) in [5.74, 6) is -0.945. The molecule has 1 amide bonds. The number of ether oxygens (including phenoxy) is 2. The van der Waals surface area contributed by atoms with E-state index >= 15 is 0 Å². The topological polar surface area (TPSA) is 93.9 Å². The van der Waals surface area contributed by atoms with Crippen LogP contribution in [-0.4, -0.2) is 42.9 Å². The molecule has 30 heavy (non-hydrogen) atoms. The number of nitro groups is 1. The van der Waals surface area contributed by atoms with Gasteiger partial charge in [0.25, 0.3) is 11.6 Å². The number of amides is 1. The number of nitrogens with zero attached hydrogens (tertiary/aromatic N) is 2. The molecular formula is C21H22ClN3O5. The molecule has 158 valence electrons. The predicted molar refractivity (Wildman–Crippen MR) is 112 cm³/mol. The molecule has 2 aliphatic rings. The third kappa shape index (κ3) is 4.26. The van der Waals surface area contributed by atoms with E-state index in [-0.39, 0.29) is 17.8 Å². The van der Waals surface area contributed by atoms with E-state index < -0.39 is 16.6 Å². The zero-order valence-corrected chi connectivity index (χ0v) is 17.1. The zero-order chi connectivity index (χ0) is 21.1. The van der Waals surface area contributed by atoms with Crippen molar-refractivity contribution >= 4 is 28.9 Å². The molecule has 0 aliphatic carbocycles. The summed E-state index contributed by atoms with van der Waals surface area (Å²) in [7, 11) is 0. The maximum Gasteiger partial charge on any atom is 0.293 e. The second-order valence-corrected chi connectivity index (χ2v) is 7.74. The molecule has 1 N–H and O–H groups in total. The lowest BCUT2D eigenvalue weighted by molar-refractivity contribution is -0.384. The molecule has 2 fully saturated rings. The lowest BCUT2D eigenvalue weighted by atomic mass is 10.0. The molecule has 0 radical (unpaired) electrons. The van der Waals surface area contributed by atoms with Crippen molar-refractivity contribution in [2.45, 2.75) is 25.2 Å². The molecule has 4 rings (SSSR count). The van der Waals surface area contributed by atoms with Gasteiger partial charge in [0.2, 0.25) is 0 Å². The summed E-state index contributed by atoms with van der Waals surface area (Å²) in [6, 6.07) is 11.8. The summed E-state index contributed by atoms with van der Waals surface area (Å²) in [6.45, 7) is 2.57. The molecule has 2 aliphatic heterocycles. The first-order valence-corrected chi connectivity index (χ1v) is 10.2. The molecule has 2 aromatic carbocycles. The molecule has 0 unspecified atom stereocenters. The minimum atomic E-state index is -0.552. The Hall–Kier alpha value is -2.68. The van der Waals surface area contributed by atoms with Crippen LogP contribution >= 0.6 is 11.6 Å². The van der Waals surface area contributed by atoms with Gasteiger partial charge in [-0.25, -0.2) is 0 Å². The van der Waals surface area contributed by atoms with Gasteiger partial charge in [0.05, 0.1) is 18.1 Å². The molecule has 9 heteroatoms. The number of carbonyl (C=O) groups excluding carboxylic acids is 1. The number of benzene rings is 2. The van der Waals surface area contributed by atoms with Crippen molar-refractivity contribution in [1.29, 1.82) is 0 Å². The van der Waals surface area contributed by atoms with E-state index in [4.69, 9.17) is 21.1 Å². The maximum absolute atomic E-state index is 12.5. The molecule has 0 bridgehead atoms. The Kier molecular flexibility index (Phi) is 5.90. The zero-order valence-electron chi connectivity index (χ0n) is 16.3. The third-order valence-corrected chi connectivity index (χ3v) is 5.88. The minimum Gasteiger partial charge on any atom is -0.366 e. The first-order valence-electron chi connectivity index (χ1n) is 9.80. The van der Waals surface area contributed by atoms with Gasteiger partial charge in [0.1, 0.15) is 5.69 Å². The second kappa shape index (κ2) is 8.59. The lowest BCUT2D eigenvalue weighted by Gasteiger charge is -2.38. The Bertz CT molecular complexity index is 951. The van der Waals surface area contributed by atoms with Gasteiger partial charge in [-0.2, -0.15) is 0 Å². The fraction of sp³-hybridized carbons (Fsp3) is 0.381. The number of rotatable bonds is 5. The number of anilines is 1. The summed E-state index contributed by atoms with van der Waals surface area (Å²) in [6.07, 6.45) is 1.29. The largest absolute Gasteiger partial charge is 0.366 e. The van der Waals surface area contributed by atoms with Crippen molar-refractivity contribution < 1.29 is 19.2 Å². The van der Waals surface area contributed by atoms with Crippen LogP contribution in [0, 0.1) is 10.1 Å². The molecular weight excluding hydrogens is 410 g/mol. The van der Waals surface area contributed by atoms with E-state index in [1.54, 1.807) is 18.2 Å². The summed E-state index contributed by atoms with van der Waals surface area (Å²) in [5.41, 5.74) is 1.41. The van der Waals surface area contributed by atoms with Crippen molar-refractivity contribution in [1.82, 2.24) is 5.32 Å². The van der Waals surface area contributed by atoms with Crippen molar-refractivity contribution in [2.75, 3.05) is 31.2 Å². The Morgan fingerprint density at radius 2 is 1.87 bits per heavy atom. The van der Waals surface area contributed by atoms with Gasteiger partial charge in [0, 0.05) is 49.1 Å². The Labute approximate surface area is 178 Å². The van der Waals surface area contributed by atoms with E-state index in [1.807, 2.05) is 23.1 Å². The highest BCUT2D eigenvalue weighted by atomic mass is 35.5. The van der Waals surface area contributed by atoms with Crippen LogP contribution in [0.1, 0.15) is 28.8 Å². The van der Waals surface area contributed by atoms with E-state index in [1.165, 1.54) is 6.07 Å².